The van der Waals surface area contributed by atoms with Crippen molar-refractivity contribution in [2.75, 3.05) is 6.54 Å². The largest absolute Gasteiger partial charge is 0.353 e. The van der Waals surface area contributed by atoms with Crippen LogP contribution in [0.4, 0.5) is 0 Å². The third kappa shape index (κ3) is 6.64. The van der Waals surface area contributed by atoms with E-state index in [2.05, 4.69) is 47.2 Å². The van der Waals surface area contributed by atoms with E-state index in [9.17, 15) is 9.59 Å². The first-order valence-corrected chi connectivity index (χ1v) is 9.67. The van der Waals surface area contributed by atoms with Crippen LogP contribution in [0.5, 0.6) is 0 Å². The number of nitrogens with zero attached hydrogens (tertiary/aromatic N) is 1. The zero-order valence-electron chi connectivity index (χ0n) is 15.2. The van der Waals surface area contributed by atoms with Crippen molar-refractivity contribution in [2.24, 2.45) is 0 Å². The van der Waals surface area contributed by atoms with E-state index in [-0.39, 0.29) is 11.5 Å². The zero-order valence-corrected chi connectivity index (χ0v) is 16.8. The van der Waals surface area contributed by atoms with Crippen LogP contribution in [0, 0.1) is 0 Å². The van der Waals surface area contributed by atoms with Gasteiger partial charge >= 0.3 is 0 Å². The summed E-state index contributed by atoms with van der Waals surface area (Å²) in [5, 5.41) is 2.87. The number of pyridine rings is 1. The third-order valence-corrected chi connectivity index (χ3v) is 4.57. The molecule has 0 bridgehead atoms. The van der Waals surface area contributed by atoms with Gasteiger partial charge in [0.25, 0.3) is 5.56 Å². The van der Waals surface area contributed by atoms with Crippen LogP contribution < -0.4 is 10.9 Å². The second-order valence-electron chi connectivity index (χ2n) is 6.53. The fourth-order valence-corrected chi connectivity index (χ4v) is 2.90. The first-order chi connectivity index (χ1) is 12.5. The van der Waals surface area contributed by atoms with Gasteiger partial charge in [-0.2, -0.15) is 0 Å². The highest BCUT2D eigenvalue weighted by atomic mass is 79.9. The minimum Gasteiger partial charge on any atom is -0.353 e. The Balaban J connectivity index is 1.70. The Morgan fingerprint density at radius 3 is 2.58 bits per heavy atom. The summed E-state index contributed by atoms with van der Waals surface area (Å²) in [6.07, 6.45) is 6.82. The molecule has 0 atom stereocenters. The standard InChI is InChI=1S/C21H25BrN2O2/c1-16(2)18-8-5-17(6-9-18)7-11-20(25)23-13-3-4-14-24-15-19(22)10-12-21(24)26/h5-12,15-16H,3-4,13-14H2,1-2H3,(H,23,25)/b11-7+. The monoisotopic (exact) mass is 416 g/mol. The van der Waals surface area contributed by atoms with Crippen molar-refractivity contribution < 1.29 is 4.79 Å². The summed E-state index contributed by atoms with van der Waals surface area (Å²) in [7, 11) is 0. The van der Waals surface area contributed by atoms with Crippen LogP contribution in [0.25, 0.3) is 6.08 Å². The lowest BCUT2D eigenvalue weighted by Gasteiger charge is -2.06. The molecule has 0 fully saturated rings. The van der Waals surface area contributed by atoms with Crippen LogP contribution in [-0.2, 0) is 11.3 Å². The molecule has 0 saturated carbocycles. The number of carbonyl (C=O) groups is 1. The van der Waals surface area contributed by atoms with Gasteiger partial charge in [-0.1, -0.05) is 38.1 Å². The Labute approximate surface area is 163 Å². The second kappa shape index (κ2) is 10.1. The van der Waals surface area contributed by atoms with Gasteiger partial charge in [0.15, 0.2) is 0 Å². The van der Waals surface area contributed by atoms with Gasteiger partial charge in [-0.3, -0.25) is 9.59 Å². The maximum Gasteiger partial charge on any atom is 0.250 e. The Kier molecular flexibility index (Phi) is 7.85. The fraction of sp³-hybridized carbons (Fsp3) is 0.333. The van der Waals surface area contributed by atoms with E-state index in [1.54, 1.807) is 29.0 Å². The van der Waals surface area contributed by atoms with Crippen molar-refractivity contribution in [1.82, 2.24) is 9.88 Å². The van der Waals surface area contributed by atoms with Crippen molar-refractivity contribution in [3.05, 3.63) is 74.6 Å². The maximum atomic E-state index is 11.9. The Bertz CT molecular complexity index is 808. The van der Waals surface area contributed by atoms with Crippen LogP contribution in [0.2, 0.25) is 0 Å². The van der Waals surface area contributed by atoms with Gasteiger partial charge in [-0.25, -0.2) is 0 Å². The summed E-state index contributed by atoms with van der Waals surface area (Å²) in [6, 6.07) is 11.5. The van der Waals surface area contributed by atoms with Crippen LogP contribution in [-0.4, -0.2) is 17.0 Å². The topological polar surface area (TPSA) is 51.1 Å². The molecule has 4 nitrogen and oxygen atoms in total. The molecule has 1 N–H and O–H groups in total. The van der Waals surface area contributed by atoms with Crippen molar-refractivity contribution in [3.8, 4) is 0 Å². The molecule has 0 aliphatic carbocycles. The molecular formula is C21H25BrN2O2. The number of halogens is 1. The zero-order chi connectivity index (χ0) is 18.9. The summed E-state index contributed by atoms with van der Waals surface area (Å²) < 4.78 is 2.56. The van der Waals surface area contributed by atoms with E-state index in [0.29, 0.717) is 19.0 Å². The molecule has 26 heavy (non-hydrogen) atoms. The molecule has 138 valence electrons. The molecule has 1 aromatic carbocycles. The molecular weight excluding hydrogens is 392 g/mol. The van der Waals surface area contributed by atoms with E-state index in [4.69, 9.17) is 0 Å². The molecule has 2 aromatic rings. The fourth-order valence-electron chi connectivity index (χ4n) is 2.52. The van der Waals surface area contributed by atoms with Crippen molar-refractivity contribution in [1.29, 1.82) is 0 Å². The van der Waals surface area contributed by atoms with Gasteiger partial charge in [0.1, 0.15) is 0 Å². The van der Waals surface area contributed by atoms with Gasteiger partial charge in [0.2, 0.25) is 5.91 Å². The number of aromatic nitrogens is 1. The van der Waals surface area contributed by atoms with E-state index in [1.165, 1.54) is 5.56 Å². The van der Waals surface area contributed by atoms with E-state index in [1.807, 2.05) is 18.2 Å². The van der Waals surface area contributed by atoms with Gasteiger partial charge < -0.3 is 9.88 Å². The lowest BCUT2D eigenvalue weighted by atomic mass is 10.0. The van der Waals surface area contributed by atoms with Crippen LogP contribution in [0.15, 0.2) is 57.9 Å². The van der Waals surface area contributed by atoms with Crippen LogP contribution in [0.1, 0.15) is 43.7 Å². The average Bonchev–Trinajstić information content (AvgIpc) is 2.62. The number of hydrogen-bond donors (Lipinski definition) is 1. The number of hydrogen-bond acceptors (Lipinski definition) is 2. The predicted molar refractivity (Wildman–Crippen MR) is 110 cm³/mol. The van der Waals surface area contributed by atoms with Crippen LogP contribution in [0.3, 0.4) is 0 Å². The van der Waals surface area contributed by atoms with Crippen LogP contribution >= 0.6 is 15.9 Å². The summed E-state index contributed by atoms with van der Waals surface area (Å²) in [5.74, 6) is 0.404. The van der Waals surface area contributed by atoms with Gasteiger partial charge in [0, 0.05) is 35.9 Å². The normalized spacial score (nSPS) is 11.2. The molecule has 0 spiro atoms. The van der Waals surface area contributed by atoms with Crippen molar-refractivity contribution >= 4 is 27.9 Å². The van der Waals surface area contributed by atoms with E-state index < -0.39 is 0 Å². The predicted octanol–water partition coefficient (Wildman–Crippen LogP) is 4.34. The van der Waals surface area contributed by atoms with Gasteiger partial charge in [0.05, 0.1) is 0 Å². The molecule has 5 heteroatoms. The Morgan fingerprint density at radius 1 is 1.15 bits per heavy atom. The molecule has 0 unspecified atom stereocenters. The maximum absolute atomic E-state index is 11.9. The first kappa shape index (κ1) is 20.2. The Morgan fingerprint density at radius 2 is 1.88 bits per heavy atom. The Hall–Kier alpha value is -2.14. The third-order valence-electron chi connectivity index (χ3n) is 4.10. The highest BCUT2D eigenvalue weighted by molar-refractivity contribution is 9.10. The summed E-state index contributed by atoms with van der Waals surface area (Å²) in [5.41, 5.74) is 2.29. The lowest BCUT2D eigenvalue weighted by Crippen LogP contribution is -2.23. The number of rotatable bonds is 8. The molecule has 1 aromatic heterocycles. The number of benzene rings is 1. The number of aryl methyl sites for hydroxylation is 1. The van der Waals surface area contributed by atoms with Gasteiger partial charge in [-0.15, -0.1) is 0 Å². The van der Waals surface area contributed by atoms with Crippen molar-refractivity contribution in [3.63, 3.8) is 0 Å². The number of carbonyl (C=O) groups excluding carboxylic acids is 1. The second-order valence-corrected chi connectivity index (χ2v) is 7.45. The minimum atomic E-state index is -0.0995. The lowest BCUT2D eigenvalue weighted by molar-refractivity contribution is -0.116. The minimum absolute atomic E-state index is 0.0105. The SMILES string of the molecule is CC(C)c1ccc(/C=C/C(=O)NCCCCn2cc(Br)ccc2=O)cc1. The molecule has 1 heterocycles. The summed E-state index contributed by atoms with van der Waals surface area (Å²) in [4.78, 5) is 23.5. The molecule has 0 aliphatic rings. The number of nitrogens with one attached hydrogen (secondary N) is 1. The average molecular weight is 417 g/mol. The van der Waals surface area contributed by atoms with Crippen molar-refractivity contribution in [2.45, 2.75) is 39.2 Å². The molecule has 0 saturated heterocycles. The highest BCUT2D eigenvalue weighted by Gasteiger charge is 2.00. The number of unbranched alkanes of at least 4 members (excludes halogenated alkanes) is 1. The quantitative estimate of drug-likeness (QED) is 0.513. The van der Waals surface area contributed by atoms with E-state index in [0.717, 1.165) is 22.9 Å². The summed E-state index contributed by atoms with van der Waals surface area (Å²) >= 11 is 3.36. The van der Waals surface area contributed by atoms with E-state index >= 15 is 0 Å². The highest BCUT2D eigenvalue weighted by Crippen LogP contribution is 2.15. The summed E-state index contributed by atoms with van der Waals surface area (Å²) in [6.45, 7) is 5.56. The van der Waals surface area contributed by atoms with Gasteiger partial charge in [-0.05, 0) is 58.0 Å². The molecule has 0 aliphatic heterocycles. The number of amides is 1. The molecule has 2 rings (SSSR count). The molecule has 0 radical (unpaired) electrons. The first-order valence-electron chi connectivity index (χ1n) is 8.87. The smallest absolute Gasteiger partial charge is 0.250 e. The molecule has 1 amide bonds.